The molecule has 0 fully saturated rings. The lowest BCUT2D eigenvalue weighted by molar-refractivity contribution is 0.183. The highest BCUT2D eigenvalue weighted by Gasteiger charge is 2.12. The summed E-state index contributed by atoms with van der Waals surface area (Å²) in [6.45, 7) is 4.32. The quantitative estimate of drug-likeness (QED) is 0.209. The largest absolute Gasteiger partial charge is 0.490 e. The second kappa shape index (κ2) is 16.6. The molecular formula is C28H42F2N2O. The molecule has 0 aliphatic heterocycles. The van der Waals surface area contributed by atoms with E-state index in [1.807, 2.05) is 0 Å². The number of hydrogen-bond donors (Lipinski definition) is 0. The van der Waals surface area contributed by atoms with E-state index in [-0.39, 0.29) is 6.61 Å². The van der Waals surface area contributed by atoms with E-state index < -0.39 is 12.0 Å². The lowest BCUT2D eigenvalue weighted by Gasteiger charge is -2.11. The zero-order chi connectivity index (χ0) is 23.7. The number of rotatable bonds is 18. The third-order valence-electron chi connectivity index (χ3n) is 6.01. The summed E-state index contributed by atoms with van der Waals surface area (Å²) in [5.74, 6) is 0.235. The van der Waals surface area contributed by atoms with Crippen LogP contribution in [-0.2, 0) is 6.42 Å². The summed E-state index contributed by atoms with van der Waals surface area (Å²) in [6, 6.07) is 4.55. The van der Waals surface area contributed by atoms with Gasteiger partial charge in [0.15, 0.2) is 5.82 Å². The van der Waals surface area contributed by atoms with Crippen LogP contribution in [0.3, 0.4) is 0 Å². The normalized spacial score (nSPS) is 12.1. The van der Waals surface area contributed by atoms with E-state index in [0.717, 1.165) is 44.1 Å². The summed E-state index contributed by atoms with van der Waals surface area (Å²) in [5, 5.41) is 0. The van der Waals surface area contributed by atoms with Crippen LogP contribution in [0.25, 0.3) is 11.4 Å². The first-order valence-electron chi connectivity index (χ1n) is 13.0. The molecule has 0 amide bonds. The molecule has 0 aliphatic rings. The zero-order valence-corrected chi connectivity index (χ0v) is 20.6. The molecule has 2 aromatic rings. The summed E-state index contributed by atoms with van der Waals surface area (Å²) in [5.41, 5.74) is 1.41. The van der Waals surface area contributed by atoms with Crippen LogP contribution in [-0.4, -0.2) is 22.7 Å². The van der Waals surface area contributed by atoms with E-state index in [2.05, 4.69) is 23.8 Å². The summed E-state index contributed by atoms with van der Waals surface area (Å²) in [6.07, 6.45) is 18.4. The van der Waals surface area contributed by atoms with Gasteiger partial charge in [-0.2, -0.15) is 0 Å². The second-order valence-corrected chi connectivity index (χ2v) is 9.04. The van der Waals surface area contributed by atoms with Gasteiger partial charge in [0.1, 0.15) is 24.3 Å². The van der Waals surface area contributed by atoms with Crippen LogP contribution in [0.1, 0.15) is 103 Å². The standard InChI is InChI=1S/C28H42F2N2O/c1-3-5-7-9-10-11-12-13-15-23-20-31-28(32-21-23)26-18-17-25(19-27(26)30)33-22-24(29)16-14-8-6-4-2/h17-21,24H,3-16,22H2,1-2H3. The highest BCUT2D eigenvalue weighted by atomic mass is 19.1. The number of nitrogens with zero attached hydrogens (tertiary/aromatic N) is 2. The predicted molar refractivity (Wildman–Crippen MR) is 133 cm³/mol. The number of hydrogen-bond acceptors (Lipinski definition) is 3. The summed E-state index contributed by atoms with van der Waals surface area (Å²) >= 11 is 0. The van der Waals surface area contributed by atoms with Crippen LogP contribution >= 0.6 is 0 Å². The van der Waals surface area contributed by atoms with Gasteiger partial charge in [-0.15, -0.1) is 0 Å². The first kappa shape index (κ1) is 27.2. The second-order valence-electron chi connectivity index (χ2n) is 9.04. The van der Waals surface area contributed by atoms with Crippen molar-refractivity contribution >= 4 is 0 Å². The Kier molecular flexibility index (Phi) is 13.6. The highest BCUT2D eigenvalue weighted by Crippen LogP contribution is 2.24. The fourth-order valence-corrected chi connectivity index (χ4v) is 3.92. The molecule has 3 nitrogen and oxygen atoms in total. The molecule has 5 heteroatoms. The number of alkyl halides is 1. The highest BCUT2D eigenvalue weighted by molar-refractivity contribution is 5.57. The van der Waals surface area contributed by atoms with Gasteiger partial charge >= 0.3 is 0 Å². The monoisotopic (exact) mass is 460 g/mol. The van der Waals surface area contributed by atoms with Crippen LogP contribution in [0.15, 0.2) is 30.6 Å². The van der Waals surface area contributed by atoms with Crippen molar-refractivity contribution in [1.82, 2.24) is 9.97 Å². The third-order valence-corrected chi connectivity index (χ3v) is 6.01. The summed E-state index contributed by atoms with van der Waals surface area (Å²) in [7, 11) is 0. The molecule has 0 saturated heterocycles. The van der Waals surface area contributed by atoms with Gasteiger partial charge in [0.2, 0.25) is 0 Å². The Balaban J connectivity index is 1.74. The van der Waals surface area contributed by atoms with Crippen LogP contribution < -0.4 is 4.74 Å². The van der Waals surface area contributed by atoms with E-state index in [1.54, 1.807) is 24.5 Å². The molecule has 2 rings (SSSR count). The fraction of sp³-hybridized carbons (Fsp3) is 0.643. The predicted octanol–water partition coefficient (Wildman–Crippen LogP) is 8.65. The van der Waals surface area contributed by atoms with Crippen molar-refractivity contribution < 1.29 is 13.5 Å². The van der Waals surface area contributed by atoms with Crippen molar-refractivity contribution in [2.75, 3.05) is 6.61 Å². The Bertz CT molecular complexity index is 767. The Morgan fingerprint density at radius 1 is 0.818 bits per heavy atom. The molecule has 0 bridgehead atoms. The fourth-order valence-electron chi connectivity index (χ4n) is 3.92. The number of aryl methyl sites for hydroxylation is 1. The molecule has 184 valence electrons. The van der Waals surface area contributed by atoms with Crippen LogP contribution in [0.4, 0.5) is 8.78 Å². The van der Waals surface area contributed by atoms with Crippen molar-refractivity contribution in [1.29, 1.82) is 0 Å². The molecule has 1 heterocycles. The molecule has 1 atom stereocenters. The molecule has 0 N–H and O–H groups in total. The average molecular weight is 461 g/mol. The van der Waals surface area contributed by atoms with E-state index in [1.165, 1.54) is 51.0 Å². The minimum atomic E-state index is -1.03. The average Bonchev–Trinajstić information content (AvgIpc) is 2.83. The Morgan fingerprint density at radius 2 is 1.42 bits per heavy atom. The van der Waals surface area contributed by atoms with Gasteiger partial charge in [-0.25, -0.2) is 18.7 Å². The Labute approximate surface area is 199 Å². The van der Waals surface area contributed by atoms with Crippen molar-refractivity contribution in [3.63, 3.8) is 0 Å². The first-order valence-corrected chi connectivity index (χ1v) is 13.0. The number of aromatic nitrogens is 2. The summed E-state index contributed by atoms with van der Waals surface area (Å²) < 4.78 is 34.0. The van der Waals surface area contributed by atoms with Crippen molar-refractivity contribution in [3.05, 3.63) is 42.0 Å². The van der Waals surface area contributed by atoms with E-state index in [4.69, 9.17) is 4.74 Å². The SMILES string of the molecule is CCCCCCCCCCc1cnc(-c2ccc(OCC(F)CCCCCC)cc2F)nc1. The van der Waals surface area contributed by atoms with Gasteiger partial charge in [0, 0.05) is 18.5 Å². The first-order chi connectivity index (χ1) is 16.1. The topological polar surface area (TPSA) is 35.0 Å². The smallest absolute Gasteiger partial charge is 0.162 e. The van der Waals surface area contributed by atoms with Gasteiger partial charge in [-0.05, 0) is 37.0 Å². The lowest BCUT2D eigenvalue weighted by Crippen LogP contribution is -2.13. The van der Waals surface area contributed by atoms with E-state index in [0.29, 0.717) is 23.6 Å². The van der Waals surface area contributed by atoms with Gasteiger partial charge in [0.05, 0.1) is 5.56 Å². The minimum absolute atomic E-state index is 0.0468. The molecular weight excluding hydrogens is 418 g/mol. The molecule has 1 aromatic heterocycles. The lowest BCUT2D eigenvalue weighted by atomic mass is 10.1. The third kappa shape index (κ3) is 11.1. The summed E-state index contributed by atoms with van der Waals surface area (Å²) in [4.78, 5) is 8.72. The Hall–Kier alpha value is -2.04. The Morgan fingerprint density at radius 3 is 2.06 bits per heavy atom. The van der Waals surface area contributed by atoms with Crippen molar-refractivity contribution in [3.8, 4) is 17.1 Å². The van der Waals surface area contributed by atoms with Gasteiger partial charge in [0.25, 0.3) is 0 Å². The number of benzene rings is 1. The number of halogens is 2. The maximum absolute atomic E-state index is 14.6. The van der Waals surface area contributed by atoms with Crippen molar-refractivity contribution in [2.24, 2.45) is 0 Å². The molecule has 1 aromatic carbocycles. The van der Waals surface area contributed by atoms with Crippen LogP contribution in [0.5, 0.6) is 5.75 Å². The van der Waals surface area contributed by atoms with E-state index in [9.17, 15) is 8.78 Å². The van der Waals surface area contributed by atoms with Gasteiger partial charge in [-0.3, -0.25) is 0 Å². The maximum atomic E-state index is 14.6. The van der Waals surface area contributed by atoms with Crippen LogP contribution in [0.2, 0.25) is 0 Å². The number of ether oxygens (including phenoxy) is 1. The zero-order valence-electron chi connectivity index (χ0n) is 20.6. The van der Waals surface area contributed by atoms with Crippen LogP contribution in [0, 0.1) is 5.82 Å². The molecule has 0 radical (unpaired) electrons. The van der Waals surface area contributed by atoms with Gasteiger partial charge < -0.3 is 4.74 Å². The molecule has 0 spiro atoms. The minimum Gasteiger partial charge on any atom is -0.490 e. The molecule has 33 heavy (non-hydrogen) atoms. The number of unbranched alkanes of at least 4 members (excludes halogenated alkanes) is 10. The maximum Gasteiger partial charge on any atom is 0.162 e. The molecule has 0 aliphatic carbocycles. The molecule has 0 saturated carbocycles. The van der Waals surface area contributed by atoms with E-state index >= 15 is 0 Å². The molecule has 1 unspecified atom stereocenters. The van der Waals surface area contributed by atoms with Gasteiger partial charge in [-0.1, -0.05) is 84.5 Å². The van der Waals surface area contributed by atoms with Crippen molar-refractivity contribution in [2.45, 2.75) is 110 Å².